The number of nitrogens with one attached hydrogen (secondary N) is 2. The molecule has 2 aromatic carbocycles. The van der Waals surface area contributed by atoms with Crippen LogP contribution in [0.25, 0.3) is 0 Å². The zero-order valence-electron chi connectivity index (χ0n) is 14.8. The van der Waals surface area contributed by atoms with E-state index in [4.69, 9.17) is 4.74 Å². The second-order valence-electron chi connectivity index (χ2n) is 6.32. The van der Waals surface area contributed by atoms with Crippen molar-refractivity contribution in [2.24, 2.45) is 0 Å². The lowest BCUT2D eigenvalue weighted by atomic mass is 10.2. The normalized spacial score (nSPS) is 14.5. The van der Waals surface area contributed by atoms with E-state index in [1.54, 1.807) is 0 Å². The van der Waals surface area contributed by atoms with E-state index in [2.05, 4.69) is 10.6 Å². The van der Waals surface area contributed by atoms with Gasteiger partial charge in [-0.25, -0.2) is 8.42 Å². The van der Waals surface area contributed by atoms with Gasteiger partial charge in [0.25, 0.3) is 5.91 Å². The molecule has 3 rings (SSSR count). The third-order valence-corrected chi connectivity index (χ3v) is 6.39. The van der Waals surface area contributed by atoms with Crippen molar-refractivity contribution in [2.45, 2.75) is 30.0 Å². The number of benzene rings is 2. The number of amides is 2. The van der Waals surface area contributed by atoms with Crippen LogP contribution < -0.4 is 15.4 Å². The molecule has 1 aliphatic heterocycles. The van der Waals surface area contributed by atoms with Gasteiger partial charge in [0.15, 0.2) is 16.4 Å². The van der Waals surface area contributed by atoms with E-state index in [0.717, 1.165) is 5.56 Å². The maximum Gasteiger partial charge on any atom is 0.262 e. The van der Waals surface area contributed by atoms with E-state index < -0.39 is 15.1 Å². The van der Waals surface area contributed by atoms with Crippen LogP contribution in [-0.2, 0) is 26.0 Å². The number of carbonyl (C=O) groups is 2. The molecule has 0 radical (unpaired) electrons. The van der Waals surface area contributed by atoms with Crippen LogP contribution in [0.4, 0.5) is 5.69 Å². The van der Waals surface area contributed by atoms with Gasteiger partial charge in [-0.3, -0.25) is 9.59 Å². The molecule has 0 aromatic heterocycles. The summed E-state index contributed by atoms with van der Waals surface area (Å²) in [6.45, 7) is 1.69. The predicted octanol–water partition coefficient (Wildman–Crippen LogP) is 1.89. The van der Waals surface area contributed by atoms with Gasteiger partial charge in [0.05, 0.1) is 15.8 Å². The Morgan fingerprint density at radius 3 is 2.70 bits per heavy atom. The molecule has 0 aliphatic carbocycles. The Balaban J connectivity index is 1.65. The fourth-order valence-electron chi connectivity index (χ4n) is 2.70. The van der Waals surface area contributed by atoms with E-state index in [-0.39, 0.29) is 29.7 Å². The average Bonchev–Trinajstić information content (AvgIpc) is 2.66. The Labute approximate surface area is 157 Å². The van der Waals surface area contributed by atoms with Crippen LogP contribution in [0.1, 0.15) is 18.9 Å². The van der Waals surface area contributed by atoms with Gasteiger partial charge < -0.3 is 15.4 Å². The monoisotopic (exact) mass is 388 g/mol. The summed E-state index contributed by atoms with van der Waals surface area (Å²) in [5, 5.41) is 4.44. The molecule has 1 heterocycles. The Kier molecular flexibility index (Phi) is 5.46. The number of rotatable bonds is 6. The van der Waals surface area contributed by atoms with Crippen molar-refractivity contribution in [1.82, 2.24) is 5.32 Å². The average molecular weight is 388 g/mol. The molecule has 2 amide bonds. The quantitative estimate of drug-likeness (QED) is 0.787. The summed E-state index contributed by atoms with van der Waals surface area (Å²) < 4.78 is 30.8. The molecule has 142 valence electrons. The molecule has 0 saturated heterocycles. The zero-order chi connectivity index (χ0) is 19.4. The summed E-state index contributed by atoms with van der Waals surface area (Å²) in [5.41, 5.74) is 1.37. The number of sulfone groups is 1. The number of carbonyl (C=O) groups excluding carboxylic acids is 2. The molecule has 0 fully saturated rings. The van der Waals surface area contributed by atoms with Crippen molar-refractivity contribution in [1.29, 1.82) is 0 Å². The van der Waals surface area contributed by atoms with Crippen molar-refractivity contribution < 1.29 is 22.7 Å². The number of hydrogen-bond donors (Lipinski definition) is 2. The molecule has 2 aromatic rings. The van der Waals surface area contributed by atoms with Crippen LogP contribution in [0.3, 0.4) is 0 Å². The first kappa shape index (κ1) is 18.9. The van der Waals surface area contributed by atoms with Gasteiger partial charge >= 0.3 is 0 Å². The van der Waals surface area contributed by atoms with Gasteiger partial charge in [-0.2, -0.15) is 0 Å². The molecule has 0 spiro atoms. The Morgan fingerprint density at radius 2 is 1.96 bits per heavy atom. The first-order valence-corrected chi connectivity index (χ1v) is 10.0. The number of anilines is 1. The molecule has 1 unspecified atom stereocenters. The number of ether oxygens (including phenoxy) is 1. The molecule has 0 bridgehead atoms. The molecular weight excluding hydrogens is 368 g/mol. The van der Waals surface area contributed by atoms with Crippen LogP contribution in [0, 0.1) is 0 Å². The molecule has 1 atom stereocenters. The molecular formula is C19H20N2O5S. The van der Waals surface area contributed by atoms with E-state index in [9.17, 15) is 18.0 Å². The highest BCUT2D eigenvalue weighted by atomic mass is 32.2. The highest BCUT2D eigenvalue weighted by molar-refractivity contribution is 7.92. The smallest absolute Gasteiger partial charge is 0.262 e. The van der Waals surface area contributed by atoms with E-state index in [1.165, 1.54) is 25.1 Å². The van der Waals surface area contributed by atoms with Crippen LogP contribution in [0.15, 0.2) is 53.4 Å². The Morgan fingerprint density at radius 1 is 1.22 bits per heavy atom. The molecule has 27 heavy (non-hydrogen) atoms. The third kappa shape index (κ3) is 4.46. The zero-order valence-corrected chi connectivity index (χ0v) is 15.6. The van der Waals surface area contributed by atoms with Crippen molar-refractivity contribution in [3.8, 4) is 5.75 Å². The minimum atomic E-state index is -3.72. The van der Waals surface area contributed by atoms with Gasteiger partial charge in [-0.15, -0.1) is 0 Å². The molecule has 7 nitrogen and oxygen atoms in total. The van der Waals surface area contributed by atoms with E-state index >= 15 is 0 Å². The summed E-state index contributed by atoms with van der Waals surface area (Å²) in [6.07, 6.45) is -0.149. The number of fused-ring (bicyclic) bond motifs is 1. The van der Waals surface area contributed by atoms with Crippen molar-refractivity contribution >= 4 is 27.3 Å². The summed E-state index contributed by atoms with van der Waals surface area (Å²) in [7, 11) is -3.72. The maximum absolute atomic E-state index is 12.8. The van der Waals surface area contributed by atoms with Gasteiger partial charge in [0.1, 0.15) is 5.75 Å². The summed E-state index contributed by atoms with van der Waals surface area (Å²) in [5.74, 6) is -0.325. The standard InChI is InChI=1S/C19H20N2O5S/c1-13(9-18(22)20-11-14-5-3-2-4-6-14)27(24,25)15-7-8-16-17(10-15)26-12-19(23)21-16/h2-8,10,13H,9,11-12H2,1H3,(H,20,22)(H,21,23). The van der Waals surface area contributed by atoms with Gasteiger partial charge in [-0.05, 0) is 24.6 Å². The number of hydrogen-bond acceptors (Lipinski definition) is 5. The second-order valence-corrected chi connectivity index (χ2v) is 8.68. The fraction of sp³-hybridized carbons (Fsp3) is 0.263. The van der Waals surface area contributed by atoms with Crippen LogP contribution in [0.5, 0.6) is 5.75 Å². The summed E-state index contributed by atoms with van der Waals surface area (Å²) >= 11 is 0. The van der Waals surface area contributed by atoms with Crippen LogP contribution >= 0.6 is 0 Å². The highest BCUT2D eigenvalue weighted by Crippen LogP contribution is 2.31. The van der Waals surface area contributed by atoms with E-state index in [1.807, 2.05) is 30.3 Å². The Hall–Kier alpha value is -2.87. The van der Waals surface area contributed by atoms with Crippen LogP contribution in [0.2, 0.25) is 0 Å². The fourth-order valence-corrected chi connectivity index (χ4v) is 4.07. The lowest BCUT2D eigenvalue weighted by Gasteiger charge is -2.19. The highest BCUT2D eigenvalue weighted by Gasteiger charge is 2.27. The van der Waals surface area contributed by atoms with Gasteiger partial charge in [0, 0.05) is 19.0 Å². The largest absolute Gasteiger partial charge is 0.482 e. The molecule has 0 saturated carbocycles. The third-order valence-electron chi connectivity index (χ3n) is 4.25. The van der Waals surface area contributed by atoms with Gasteiger partial charge in [-0.1, -0.05) is 30.3 Å². The Bertz CT molecular complexity index is 957. The molecule has 2 N–H and O–H groups in total. The summed E-state index contributed by atoms with van der Waals surface area (Å²) in [6, 6.07) is 13.7. The second kappa shape index (κ2) is 7.79. The predicted molar refractivity (Wildman–Crippen MR) is 100 cm³/mol. The minimum absolute atomic E-state index is 0.0563. The first-order valence-electron chi connectivity index (χ1n) is 8.47. The maximum atomic E-state index is 12.8. The first-order chi connectivity index (χ1) is 12.9. The topological polar surface area (TPSA) is 102 Å². The van der Waals surface area contributed by atoms with Crippen molar-refractivity contribution in [3.05, 3.63) is 54.1 Å². The molecule has 8 heteroatoms. The molecule has 1 aliphatic rings. The lowest BCUT2D eigenvalue weighted by molar-refractivity contribution is -0.121. The summed E-state index contributed by atoms with van der Waals surface area (Å²) in [4.78, 5) is 23.5. The van der Waals surface area contributed by atoms with Crippen molar-refractivity contribution in [3.63, 3.8) is 0 Å². The van der Waals surface area contributed by atoms with E-state index in [0.29, 0.717) is 18.0 Å². The van der Waals surface area contributed by atoms with Crippen molar-refractivity contribution in [2.75, 3.05) is 11.9 Å². The SMILES string of the molecule is CC(CC(=O)NCc1ccccc1)S(=O)(=O)c1ccc2c(c1)OCC(=O)N2. The van der Waals surface area contributed by atoms with Crippen LogP contribution in [-0.4, -0.2) is 32.1 Å². The minimum Gasteiger partial charge on any atom is -0.482 e. The van der Waals surface area contributed by atoms with Gasteiger partial charge in [0.2, 0.25) is 5.91 Å². The lowest BCUT2D eigenvalue weighted by Crippen LogP contribution is -2.30.